The maximum absolute atomic E-state index is 9.70. The fraction of sp³-hybridized carbons (Fsp3) is 0. The van der Waals surface area contributed by atoms with Crippen molar-refractivity contribution in [3.63, 3.8) is 0 Å². The molecule has 0 unspecified atom stereocenters. The van der Waals surface area contributed by atoms with Gasteiger partial charge in [0, 0.05) is 0 Å². The van der Waals surface area contributed by atoms with Crippen LogP contribution in [0.25, 0.3) is 0 Å². The van der Waals surface area contributed by atoms with E-state index >= 15 is 0 Å². The van der Waals surface area contributed by atoms with Crippen molar-refractivity contribution in [1.29, 1.82) is 0 Å². The minimum atomic E-state index is -2.00. The minimum Gasteiger partial charge on any atom is -0.508 e. The first-order valence-electron chi connectivity index (χ1n) is 8.99. The summed E-state index contributed by atoms with van der Waals surface area (Å²) in [4.78, 5) is 0. The van der Waals surface area contributed by atoms with Crippen LogP contribution < -0.4 is 15.9 Å². The fourth-order valence-electron chi connectivity index (χ4n) is 3.44. The van der Waals surface area contributed by atoms with Crippen LogP contribution in [-0.4, -0.2) is 10.9 Å². The average Bonchev–Trinajstić information content (AvgIpc) is 2.75. The summed E-state index contributed by atoms with van der Waals surface area (Å²) < 4.78 is 0. The molecule has 4 aromatic rings. The van der Waals surface area contributed by atoms with E-state index in [4.69, 9.17) is 0 Å². The first-order valence-corrected chi connectivity index (χ1v) is 10.9. The Kier molecular flexibility index (Phi) is 4.96. The zero-order valence-electron chi connectivity index (χ0n) is 14.9. The van der Waals surface area contributed by atoms with E-state index in [-0.39, 0.29) is 5.75 Å². The molecule has 0 fully saturated rings. The second kappa shape index (κ2) is 7.70. The van der Waals surface area contributed by atoms with Crippen molar-refractivity contribution in [2.75, 3.05) is 0 Å². The lowest BCUT2D eigenvalue weighted by Gasteiger charge is -2.29. The van der Waals surface area contributed by atoms with Crippen molar-refractivity contribution < 1.29 is 5.11 Å². The summed E-state index contributed by atoms with van der Waals surface area (Å²) in [6.45, 7) is -2.00. The summed E-state index contributed by atoms with van der Waals surface area (Å²) in [6.07, 6.45) is 0. The second-order valence-corrected chi connectivity index (χ2v) is 9.70. The van der Waals surface area contributed by atoms with E-state index in [2.05, 4.69) is 96.8 Å². The van der Waals surface area contributed by atoms with Gasteiger partial charge in [-0.25, -0.2) is 0 Å². The molecular formula is C25H21OP. The molecule has 0 amide bonds. The van der Waals surface area contributed by atoms with Crippen LogP contribution in [-0.2, 0) is 0 Å². The van der Waals surface area contributed by atoms with Crippen molar-refractivity contribution in [1.82, 2.24) is 0 Å². The molecule has 4 aromatic carbocycles. The first kappa shape index (κ1) is 17.4. The Bertz CT molecular complexity index is 950. The van der Waals surface area contributed by atoms with Gasteiger partial charge in [0.15, 0.2) is 0 Å². The van der Waals surface area contributed by atoms with Gasteiger partial charge in [0.05, 0.1) is 0 Å². The van der Waals surface area contributed by atoms with Crippen LogP contribution >= 0.6 is 6.89 Å². The SMILES string of the molecule is Oc1ccc(C=P(c2ccccc2)(c2ccccc2)c2ccccc2)cc1. The quantitative estimate of drug-likeness (QED) is 0.525. The number of hydrogen-bond donors (Lipinski definition) is 1. The van der Waals surface area contributed by atoms with Crippen LogP contribution in [0.15, 0.2) is 115 Å². The molecule has 2 heteroatoms. The number of benzene rings is 4. The first-order chi connectivity index (χ1) is 13.3. The lowest BCUT2D eigenvalue weighted by molar-refractivity contribution is 0.475. The third-order valence-electron chi connectivity index (χ3n) is 4.73. The molecule has 132 valence electrons. The van der Waals surface area contributed by atoms with E-state index in [9.17, 15) is 5.11 Å². The van der Waals surface area contributed by atoms with Crippen molar-refractivity contribution in [3.8, 4) is 5.75 Å². The van der Waals surface area contributed by atoms with Crippen LogP contribution in [0.4, 0.5) is 0 Å². The van der Waals surface area contributed by atoms with Crippen LogP contribution in [0.2, 0.25) is 0 Å². The molecule has 0 aromatic heterocycles. The lowest BCUT2D eigenvalue weighted by atomic mass is 10.2. The highest BCUT2D eigenvalue weighted by Gasteiger charge is 2.24. The summed E-state index contributed by atoms with van der Waals surface area (Å²) in [5, 5.41) is 13.6. The molecule has 1 N–H and O–H groups in total. The Labute approximate surface area is 160 Å². The molecular weight excluding hydrogens is 347 g/mol. The normalized spacial score (nSPS) is 11.1. The maximum Gasteiger partial charge on any atom is 0.115 e. The van der Waals surface area contributed by atoms with Crippen molar-refractivity contribution in [2.45, 2.75) is 0 Å². The molecule has 0 saturated heterocycles. The highest BCUT2D eigenvalue weighted by molar-refractivity contribution is 7.94. The van der Waals surface area contributed by atoms with Gasteiger partial charge >= 0.3 is 0 Å². The van der Waals surface area contributed by atoms with Gasteiger partial charge in [-0.3, -0.25) is 0 Å². The van der Waals surface area contributed by atoms with E-state index in [0.717, 1.165) is 5.56 Å². The van der Waals surface area contributed by atoms with Gasteiger partial charge in [0.2, 0.25) is 0 Å². The Hall–Kier alpha value is -3.02. The largest absolute Gasteiger partial charge is 0.508 e. The molecule has 0 spiro atoms. The molecule has 0 bridgehead atoms. The van der Waals surface area contributed by atoms with Gasteiger partial charge in [-0.05, 0) is 46.3 Å². The van der Waals surface area contributed by atoms with Crippen LogP contribution in [0.5, 0.6) is 5.75 Å². The lowest BCUT2D eigenvalue weighted by Crippen LogP contribution is -2.27. The summed E-state index contributed by atoms with van der Waals surface area (Å²) in [5.74, 6) is 2.68. The van der Waals surface area contributed by atoms with Crippen molar-refractivity contribution >= 4 is 28.6 Å². The number of hydrogen-bond acceptors (Lipinski definition) is 1. The van der Waals surface area contributed by atoms with Crippen LogP contribution in [0, 0.1) is 0 Å². The molecule has 0 saturated carbocycles. The van der Waals surface area contributed by atoms with Crippen LogP contribution in [0.3, 0.4) is 0 Å². The summed E-state index contributed by atoms with van der Waals surface area (Å²) in [6, 6.07) is 39.7. The molecule has 4 rings (SSSR count). The number of rotatable bonds is 4. The molecule has 0 aliphatic rings. The summed E-state index contributed by atoms with van der Waals surface area (Å²) in [7, 11) is 0. The smallest absolute Gasteiger partial charge is 0.115 e. The molecule has 27 heavy (non-hydrogen) atoms. The Balaban J connectivity index is 2.11. The Morgan fingerprint density at radius 2 is 0.852 bits per heavy atom. The number of phenols is 1. The van der Waals surface area contributed by atoms with Gasteiger partial charge < -0.3 is 5.11 Å². The van der Waals surface area contributed by atoms with Gasteiger partial charge in [0.25, 0.3) is 0 Å². The van der Waals surface area contributed by atoms with E-state index in [1.54, 1.807) is 12.1 Å². The van der Waals surface area contributed by atoms with Gasteiger partial charge in [-0.1, -0.05) is 103 Å². The van der Waals surface area contributed by atoms with Crippen molar-refractivity contribution in [3.05, 3.63) is 121 Å². The van der Waals surface area contributed by atoms with Crippen LogP contribution in [0.1, 0.15) is 5.56 Å². The Morgan fingerprint density at radius 3 is 1.22 bits per heavy atom. The highest BCUT2D eigenvalue weighted by atomic mass is 31.2. The third-order valence-corrected chi connectivity index (χ3v) is 8.75. The fourth-order valence-corrected chi connectivity index (χ4v) is 7.33. The predicted molar refractivity (Wildman–Crippen MR) is 118 cm³/mol. The average molecular weight is 368 g/mol. The monoisotopic (exact) mass is 368 g/mol. The summed E-state index contributed by atoms with van der Waals surface area (Å²) in [5.41, 5.74) is 1.11. The third kappa shape index (κ3) is 3.47. The van der Waals surface area contributed by atoms with E-state index in [1.807, 2.05) is 12.1 Å². The van der Waals surface area contributed by atoms with E-state index < -0.39 is 6.89 Å². The molecule has 1 nitrogen and oxygen atoms in total. The zero-order valence-corrected chi connectivity index (χ0v) is 15.8. The van der Waals surface area contributed by atoms with Gasteiger partial charge in [-0.2, -0.15) is 0 Å². The topological polar surface area (TPSA) is 20.2 Å². The molecule has 0 radical (unpaired) electrons. The number of phenolic OH excluding ortho intramolecular Hbond substituents is 1. The van der Waals surface area contributed by atoms with Crippen molar-refractivity contribution in [2.24, 2.45) is 0 Å². The summed E-state index contributed by atoms with van der Waals surface area (Å²) >= 11 is 0. The Morgan fingerprint density at radius 1 is 0.481 bits per heavy atom. The highest BCUT2D eigenvalue weighted by Crippen LogP contribution is 2.44. The maximum atomic E-state index is 9.70. The molecule has 0 aliphatic heterocycles. The molecule has 0 heterocycles. The molecule has 0 aliphatic carbocycles. The molecule has 0 atom stereocenters. The van der Waals surface area contributed by atoms with Gasteiger partial charge in [0.1, 0.15) is 5.75 Å². The zero-order chi connectivity index (χ0) is 18.5. The minimum absolute atomic E-state index is 0.287. The second-order valence-electron chi connectivity index (χ2n) is 6.45. The van der Waals surface area contributed by atoms with Gasteiger partial charge in [-0.15, -0.1) is 0 Å². The standard InChI is InChI=1S/C25H21OP/c26-22-18-16-21(17-19-22)20-27(23-10-4-1-5-11-23,24-12-6-2-7-13-24)25-14-8-3-9-15-25/h1-20,26H. The number of aromatic hydroxyl groups is 1. The predicted octanol–water partition coefficient (Wildman–Crippen LogP) is 4.54. The van der Waals surface area contributed by atoms with E-state index in [0.29, 0.717) is 0 Å². The van der Waals surface area contributed by atoms with E-state index in [1.165, 1.54) is 15.9 Å².